The van der Waals surface area contributed by atoms with Crippen molar-refractivity contribution in [3.8, 4) is 0 Å². The fraction of sp³-hybridized carbons (Fsp3) is 0.926. The van der Waals surface area contributed by atoms with E-state index in [2.05, 4.69) is 33.0 Å². The second kappa shape index (κ2) is 8.51. The molecule has 4 unspecified atom stereocenters. The molecule has 0 aromatic carbocycles. The fourth-order valence-corrected chi connectivity index (χ4v) is 11.0. The van der Waals surface area contributed by atoms with Gasteiger partial charge in [-0.1, -0.05) is 45.9 Å². The summed E-state index contributed by atoms with van der Waals surface area (Å²) in [7, 11) is 0. The van der Waals surface area contributed by atoms with Gasteiger partial charge in [0.1, 0.15) is 0 Å². The Hall–Kier alpha value is -0.590. The van der Waals surface area contributed by atoms with E-state index in [1.165, 1.54) is 37.4 Å². The van der Waals surface area contributed by atoms with Gasteiger partial charge in [-0.25, -0.2) is 0 Å². The molecule has 0 aromatic rings. The number of carbonyl (C=O) groups excluding carboxylic acids is 1. The maximum atomic E-state index is 12.3. The number of fused-ring (bicyclic) bond motifs is 5. The van der Waals surface area contributed by atoms with Crippen LogP contribution in [0.15, 0.2) is 0 Å². The second-order valence-electron chi connectivity index (χ2n) is 12.8. The average Bonchev–Trinajstić information content (AvgIpc) is 3.27. The van der Waals surface area contributed by atoms with E-state index in [1.54, 1.807) is 0 Å². The van der Waals surface area contributed by atoms with E-state index in [-0.39, 0.29) is 34.2 Å². The molecule has 186 valence electrons. The van der Waals surface area contributed by atoms with Crippen LogP contribution in [0.25, 0.3) is 0 Å². The number of hydrogen-bond donors (Lipinski definition) is 4. The normalized spacial score (nSPS) is 52.6. The van der Waals surface area contributed by atoms with Crippen LogP contribution in [0, 0.1) is 57.7 Å². The molecule has 4 N–H and O–H groups in total. The highest BCUT2D eigenvalue weighted by Gasteiger charge is 2.65. The van der Waals surface area contributed by atoms with Gasteiger partial charge < -0.3 is 15.5 Å². The molecule has 12 atom stereocenters. The predicted octanol–water partition coefficient (Wildman–Crippen LogP) is 4.81. The first-order valence-corrected chi connectivity index (χ1v) is 14.4. The summed E-state index contributed by atoms with van der Waals surface area (Å²) in [6, 6.07) is 0. The summed E-state index contributed by atoms with van der Waals surface area (Å²) >= 11 is 1.39. The van der Waals surface area contributed by atoms with Gasteiger partial charge in [-0.15, -0.1) is 0 Å². The zero-order chi connectivity index (χ0) is 23.7. The summed E-state index contributed by atoms with van der Waals surface area (Å²) in [6.07, 6.45) is 9.10. The fourth-order valence-electron chi connectivity index (χ4n) is 10.0. The number of rotatable bonds is 4. The number of thioether (sulfide) groups is 1. The molecular weight excluding hydrogens is 432 g/mol. The minimum Gasteiger partial charge on any atom is -0.393 e. The van der Waals surface area contributed by atoms with Crippen molar-refractivity contribution in [1.82, 2.24) is 5.32 Å². The quantitative estimate of drug-likeness (QED) is 0.469. The highest BCUT2D eigenvalue weighted by atomic mass is 32.2. The van der Waals surface area contributed by atoms with Crippen LogP contribution in [0.1, 0.15) is 85.5 Å². The van der Waals surface area contributed by atoms with Gasteiger partial charge in [-0.3, -0.25) is 10.2 Å². The maximum absolute atomic E-state index is 12.3. The van der Waals surface area contributed by atoms with Gasteiger partial charge in [-0.2, -0.15) is 0 Å². The van der Waals surface area contributed by atoms with E-state index < -0.39 is 0 Å². The Kier molecular flexibility index (Phi) is 6.22. The number of nitrogens with one attached hydrogen (secondary N) is 2. The molecule has 5 aliphatic rings. The van der Waals surface area contributed by atoms with Crippen molar-refractivity contribution in [2.75, 3.05) is 0 Å². The minimum atomic E-state index is -0.251. The van der Waals surface area contributed by atoms with Crippen LogP contribution in [0.2, 0.25) is 0 Å². The zero-order valence-corrected chi connectivity index (χ0v) is 21.7. The first kappa shape index (κ1) is 24.1. The van der Waals surface area contributed by atoms with Crippen molar-refractivity contribution >= 4 is 22.8 Å². The van der Waals surface area contributed by atoms with Gasteiger partial charge in [0.15, 0.2) is 5.17 Å². The van der Waals surface area contributed by atoms with Crippen LogP contribution in [-0.4, -0.2) is 38.7 Å². The van der Waals surface area contributed by atoms with Crippen molar-refractivity contribution in [3.63, 3.8) is 0 Å². The Morgan fingerprint density at radius 1 is 1.09 bits per heavy atom. The highest BCUT2D eigenvalue weighted by molar-refractivity contribution is 8.15. The minimum absolute atomic E-state index is 0.00667. The van der Waals surface area contributed by atoms with Crippen molar-refractivity contribution in [1.29, 1.82) is 5.41 Å². The third-order valence-electron chi connectivity index (χ3n) is 11.5. The molecule has 0 bridgehead atoms. The number of aliphatic hydroxyl groups excluding tert-OH is 2. The number of aliphatic hydroxyl groups is 2. The predicted molar refractivity (Wildman–Crippen MR) is 133 cm³/mol. The van der Waals surface area contributed by atoms with Crippen LogP contribution in [0.5, 0.6) is 0 Å². The van der Waals surface area contributed by atoms with Crippen molar-refractivity contribution in [3.05, 3.63) is 0 Å². The van der Waals surface area contributed by atoms with Crippen LogP contribution in [0.3, 0.4) is 0 Å². The number of carbonyl (C=O) groups is 1. The van der Waals surface area contributed by atoms with Gasteiger partial charge >= 0.3 is 0 Å². The van der Waals surface area contributed by atoms with E-state index >= 15 is 0 Å². The van der Waals surface area contributed by atoms with E-state index in [0.717, 1.165) is 32.1 Å². The molecule has 0 radical (unpaired) electrons. The smallest absolute Gasteiger partial charge is 0.239 e. The summed E-state index contributed by atoms with van der Waals surface area (Å²) in [5, 5.41) is 32.9. The van der Waals surface area contributed by atoms with Crippen LogP contribution in [-0.2, 0) is 4.79 Å². The largest absolute Gasteiger partial charge is 0.393 e. The van der Waals surface area contributed by atoms with Crippen molar-refractivity contribution in [2.24, 2.45) is 52.3 Å². The highest BCUT2D eigenvalue weighted by Crippen LogP contribution is 2.69. The summed E-state index contributed by atoms with van der Waals surface area (Å²) in [5.74, 6) is 3.27. The molecule has 4 aliphatic carbocycles. The molecule has 1 saturated heterocycles. The van der Waals surface area contributed by atoms with Crippen molar-refractivity contribution in [2.45, 2.75) is 103 Å². The Labute approximate surface area is 203 Å². The Balaban J connectivity index is 1.39. The van der Waals surface area contributed by atoms with E-state index in [9.17, 15) is 15.0 Å². The molecule has 5 nitrogen and oxygen atoms in total. The molecule has 33 heavy (non-hydrogen) atoms. The lowest BCUT2D eigenvalue weighted by molar-refractivity contribution is -0.203. The Morgan fingerprint density at radius 3 is 2.45 bits per heavy atom. The second-order valence-corrected chi connectivity index (χ2v) is 14.0. The van der Waals surface area contributed by atoms with Gasteiger partial charge in [-0.05, 0) is 104 Å². The van der Waals surface area contributed by atoms with E-state index in [4.69, 9.17) is 5.41 Å². The molecule has 6 heteroatoms. The lowest BCUT2D eigenvalue weighted by Gasteiger charge is -2.64. The molecule has 5 rings (SSSR count). The number of hydrogen-bond acceptors (Lipinski definition) is 5. The summed E-state index contributed by atoms with van der Waals surface area (Å²) in [5.41, 5.74) is 0.470. The van der Waals surface area contributed by atoms with Gasteiger partial charge in [0, 0.05) is 0 Å². The molecule has 1 aliphatic heterocycles. The first-order chi connectivity index (χ1) is 15.6. The third kappa shape index (κ3) is 3.64. The molecule has 5 fully saturated rings. The number of amidine groups is 1. The standard InChI is InChI=1S/C27H44N2O3S/c1-5-16-20-13-15(30)8-10-27(20,4)19-9-11-26(3)17(6-7-18(26)22(19)23(16)31)14(2)12-21-24(32)29-25(28)33-21/h14-23,30-31H,5-13H2,1-4H3,(H2,28,29,32)/t14-,15-,16-,17?,18?,19?,20+,21-,22?,23-,26-,27-/m1/s1. The lowest BCUT2D eigenvalue weighted by Crippen LogP contribution is -2.62. The lowest BCUT2D eigenvalue weighted by atomic mass is 9.41. The average molecular weight is 477 g/mol. The van der Waals surface area contributed by atoms with Gasteiger partial charge in [0.05, 0.1) is 17.5 Å². The molecule has 4 saturated carbocycles. The van der Waals surface area contributed by atoms with E-state index in [1.807, 2.05) is 0 Å². The molecular formula is C27H44N2O3S. The topological polar surface area (TPSA) is 93.4 Å². The molecule has 1 heterocycles. The Morgan fingerprint density at radius 2 is 1.79 bits per heavy atom. The molecule has 0 spiro atoms. The third-order valence-corrected chi connectivity index (χ3v) is 12.6. The van der Waals surface area contributed by atoms with E-state index in [0.29, 0.717) is 46.6 Å². The first-order valence-electron chi connectivity index (χ1n) is 13.5. The van der Waals surface area contributed by atoms with Crippen LogP contribution in [0.4, 0.5) is 0 Å². The maximum Gasteiger partial charge on any atom is 0.239 e. The monoisotopic (exact) mass is 476 g/mol. The summed E-state index contributed by atoms with van der Waals surface area (Å²) in [6.45, 7) is 9.56. The SMILES string of the molecule is CC[C@H]1[C@@H](O)C2C3CCC([C@H](C)C[C@H]4SC(=N)NC4=O)[C@@]3(C)CCC2[C@@]2(C)CC[C@@H](O)C[C@@H]12. The van der Waals surface area contributed by atoms with Gasteiger partial charge in [0.2, 0.25) is 5.91 Å². The summed E-state index contributed by atoms with van der Waals surface area (Å²) in [4.78, 5) is 12.3. The zero-order valence-electron chi connectivity index (χ0n) is 20.8. The van der Waals surface area contributed by atoms with Crippen molar-refractivity contribution < 1.29 is 15.0 Å². The molecule has 0 aromatic heterocycles. The van der Waals surface area contributed by atoms with Crippen LogP contribution >= 0.6 is 11.8 Å². The van der Waals surface area contributed by atoms with Gasteiger partial charge in [0.25, 0.3) is 0 Å². The van der Waals surface area contributed by atoms with Crippen LogP contribution < -0.4 is 5.32 Å². The molecule has 1 amide bonds. The Bertz CT molecular complexity index is 806. The number of amides is 1. The summed E-state index contributed by atoms with van der Waals surface area (Å²) < 4.78 is 0.